The lowest BCUT2D eigenvalue weighted by Crippen LogP contribution is -1.86. The maximum absolute atomic E-state index is 6.07. The van der Waals surface area contributed by atoms with Gasteiger partial charge in [0.05, 0.1) is 11.8 Å². The molecule has 0 atom stereocenters. The van der Waals surface area contributed by atoms with Crippen LogP contribution >= 0.6 is 11.6 Å². The molecule has 0 aliphatic carbocycles. The molecule has 72 valence electrons. The Labute approximate surface area is 86.5 Å². The van der Waals surface area contributed by atoms with Gasteiger partial charge in [-0.2, -0.15) is 0 Å². The molecule has 0 spiro atoms. The van der Waals surface area contributed by atoms with E-state index >= 15 is 0 Å². The van der Waals surface area contributed by atoms with Crippen molar-refractivity contribution in [2.75, 3.05) is 5.73 Å². The molecule has 0 saturated carbocycles. The average molecular weight is 209 g/mol. The molecule has 2 N–H and O–H groups in total. The van der Waals surface area contributed by atoms with E-state index < -0.39 is 0 Å². The molecule has 0 radical (unpaired) electrons. The van der Waals surface area contributed by atoms with E-state index in [-0.39, 0.29) is 5.88 Å². The fourth-order valence-corrected chi connectivity index (χ4v) is 1.63. The van der Waals surface area contributed by atoms with Gasteiger partial charge in [-0.1, -0.05) is 28.9 Å². The molecule has 0 aliphatic rings. The van der Waals surface area contributed by atoms with Crippen molar-refractivity contribution in [3.05, 3.63) is 35.0 Å². The Balaban J connectivity index is 2.58. The van der Waals surface area contributed by atoms with Gasteiger partial charge in [-0.25, -0.2) is 0 Å². The number of nitrogens with two attached hydrogens (primary N) is 1. The van der Waals surface area contributed by atoms with Crippen LogP contribution in [0.5, 0.6) is 0 Å². The van der Waals surface area contributed by atoms with E-state index in [0.717, 1.165) is 16.7 Å². The smallest absolute Gasteiger partial charge is 0.230 e. The molecule has 0 bridgehead atoms. The fourth-order valence-electron chi connectivity index (χ4n) is 1.29. The zero-order valence-corrected chi connectivity index (χ0v) is 8.38. The minimum atomic E-state index is 0.288. The Kier molecular flexibility index (Phi) is 2.17. The molecule has 0 fully saturated rings. The van der Waals surface area contributed by atoms with Crippen LogP contribution in [0.25, 0.3) is 11.1 Å². The first-order valence-corrected chi connectivity index (χ1v) is 4.53. The third-order valence-corrected chi connectivity index (χ3v) is 2.33. The minimum Gasteiger partial charge on any atom is -0.367 e. The highest BCUT2D eigenvalue weighted by atomic mass is 35.5. The van der Waals surface area contributed by atoms with Crippen LogP contribution in [-0.4, -0.2) is 5.16 Å². The highest BCUT2D eigenvalue weighted by molar-refractivity contribution is 6.33. The average Bonchev–Trinajstić information content (AvgIpc) is 2.52. The number of nitrogen functional groups attached to an aromatic ring is 1. The van der Waals surface area contributed by atoms with Crippen LogP contribution in [0.1, 0.15) is 5.56 Å². The van der Waals surface area contributed by atoms with Crippen LogP contribution in [0.2, 0.25) is 5.02 Å². The molecule has 1 aromatic heterocycles. The summed E-state index contributed by atoms with van der Waals surface area (Å²) in [5, 5.41) is 4.26. The Bertz CT molecular complexity index is 465. The zero-order chi connectivity index (χ0) is 10.1. The van der Waals surface area contributed by atoms with E-state index in [0.29, 0.717) is 5.02 Å². The minimum absolute atomic E-state index is 0.288. The Morgan fingerprint density at radius 2 is 2.14 bits per heavy atom. The van der Waals surface area contributed by atoms with Gasteiger partial charge < -0.3 is 10.3 Å². The van der Waals surface area contributed by atoms with Crippen molar-refractivity contribution < 1.29 is 4.52 Å². The van der Waals surface area contributed by atoms with E-state index in [4.69, 9.17) is 21.9 Å². The highest BCUT2D eigenvalue weighted by Gasteiger charge is 2.10. The highest BCUT2D eigenvalue weighted by Crippen LogP contribution is 2.32. The second-order valence-corrected chi connectivity index (χ2v) is 3.49. The summed E-state index contributed by atoms with van der Waals surface area (Å²) in [6.07, 6.45) is 1.56. The first kappa shape index (κ1) is 9.09. The van der Waals surface area contributed by atoms with Gasteiger partial charge in [0.25, 0.3) is 0 Å². The van der Waals surface area contributed by atoms with Gasteiger partial charge in [-0.3, -0.25) is 0 Å². The molecule has 1 aromatic carbocycles. The van der Waals surface area contributed by atoms with Gasteiger partial charge >= 0.3 is 0 Å². The van der Waals surface area contributed by atoms with Crippen LogP contribution in [0.4, 0.5) is 5.88 Å². The van der Waals surface area contributed by atoms with Gasteiger partial charge in [-0.15, -0.1) is 0 Å². The number of halogens is 1. The molecule has 0 unspecified atom stereocenters. The Morgan fingerprint density at radius 3 is 2.71 bits per heavy atom. The van der Waals surface area contributed by atoms with Gasteiger partial charge in [-0.05, 0) is 18.6 Å². The molecule has 2 aromatic rings. The maximum atomic E-state index is 6.07. The topological polar surface area (TPSA) is 52.0 Å². The Hall–Kier alpha value is -1.48. The third-order valence-electron chi connectivity index (χ3n) is 2.01. The first-order chi connectivity index (χ1) is 6.68. The lowest BCUT2D eigenvalue weighted by atomic mass is 10.1. The number of rotatable bonds is 1. The predicted molar refractivity (Wildman–Crippen MR) is 56.1 cm³/mol. The van der Waals surface area contributed by atoms with Gasteiger partial charge in [0.1, 0.15) is 0 Å². The number of hydrogen-bond acceptors (Lipinski definition) is 3. The van der Waals surface area contributed by atoms with E-state index in [1.54, 1.807) is 6.20 Å². The van der Waals surface area contributed by atoms with Crippen molar-refractivity contribution in [3.63, 3.8) is 0 Å². The lowest BCUT2D eigenvalue weighted by Gasteiger charge is -2.02. The standard InChI is InChI=1S/C10H9ClN2O/c1-6-2-3-7(9(11)4-6)8-5-13-14-10(8)12/h2-5H,12H2,1H3. The van der Waals surface area contributed by atoms with Crippen molar-refractivity contribution in [2.45, 2.75) is 6.92 Å². The first-order valence-electron chi connectivity index (χ1n) is 4.15. The second kappa shape index (κ2) is 3.35. The number of nitrogens with zero attached hydrogens (tertiary/aromatic N) is 1. The monoisotopic (exact) mass is 208 g/mol. The molecule has 2 rings (SSSR count). The normalized spacial score (nSPS) is 10.4. The van der Waals surface area contributed by atoms with Crippen LogP contribution in [0.3, 0.4) is 0 Å². The lowest BCUT2D eigenvalue weighted by molar-refractivity contribution is 0.436. The van der Waals surface area contributed by atoms with Crippen molar-refractivity contribution in [2.24, 2.45) is 0 Å². The summed E-state index contributed by atoms with van der Waals surface area (Å²) in [7, 11) is 0. The van der Waals surface area contributed by atoms with E-state index in [9.17, 15) is 0 Å². The summed E-state index contributed by atoms with van der Waals surface area (Å²) >= 11 is 6.07. The third kappa shape index (κ3) is 1.46. The van der Waals surface area contributed by atoms with E-state index in [1.807, 2.05) is 25.1 Å². The van der Waals surface area contributed by atoms with Crippen LogP contribution in [-0.2, 0) is 0 Å². The largest absolute Gasteiger partial charge is 0.367 e. The summed E-state index contributed by atoms with van der Waals surface area (Å²) in [5.41, 5.74) is 8.27. The number of benzene rings is 1. The maximum Gasteiger partial charge on any atom is 0.230 e. The summed E-state index contributed by atoms with van der Waals surface area (Å²) < 4.78 is 4.77. The number of aryl methyl sites for hydroxylation is 1. The molecule has 1 heterocycles. The van der Waals surface area contributed by atoms with Crippen molar-refractivity contribution in [1.82, 2.24) is 5.16 Å². The van der Waals surface area contributed by atoms with Crippen molar-refractivity contribution in [3.8, 4) is 11.1 Å². The van der Waals surface area contributed by atoms with Crippen LogP contribution in [0.15, 0.2) is 28.9 Å². The number of hydrogen-bond donors (Lipinski definition) is 1. The summed E-state index contributed by atoms with van der Waals surface area (Å²) in [5.74, 6) is 0.288. The molecule has 3 nitrogen and oxygen atoms in total. The van der Waals surface area contributed by atoms with Gasteiger partial charge in [0.15, 0.2) is 0 Å². The second-order valence-electron chi connectivity index (χ2n) is 3.09. The van der Waals surface area contributed by atoms with Gasteiger partial charge in [0.2, 0.25) is 5.88 Å². The Morgan fingerprint density at radius 1 is 1.36 bits per heavy atom. The molecule has 0 saturated heterocycles. The molecule has 4 heteroatoms. The van der Waals surface area contributed by atoms with Crippen LogP contribution in [0, 0.1) is 6.92 Å². The zero-order valence-electron chi connectivity index (χ0n) is 7.62. The summed E-state index contributed by atoms with van der Waals surface area (Å²) in [4.78, 5) is 0. The molecular formula is C10H9ClN2O. The van der Waals surface area contributed by atoms with Crippen molar-refractivity contribution in [1.29, 1.82) is 0 Å². The molecule has 0 amide bonds. The molecule has 14 heavy (non-hydrogen) atoms. The molecule has 0 aliphatic heterocycles. The summed E-state index contributed by atoms with van der Waals surface area (Å²) in [6.45, 7) is 1.98. The van der Waals surface area contributed by atoms with E-state index in [1.165, 1.54) is 0 Å². The van der Waals surface area contributed by atoms with Crippen molar-refractivity contribution >= 4 is 17.5 Å². The fraction of sp³-hybridized carbons (Fsp3) is 0.100. The predicted octanol–water partition coefficient (Wildman–Crippen LogP) is 2.89. The van der Waals surface area contributed by atoms with Crippen LogP contribution < -0.4 is 5.73 Å². The SMILES string of the molecule is Cc1ccc(-c2cnoc2N)c(Cl)c1. The van der Waals surface area contributed by atoms with E-state index in [2.05, 4.69) is 5.16 Å². The number of anilines is 1. The van der Waals surface area contributed by atoms with Gasteiger partial charge in [0, 0.05) is 10.6 Å². The number of aromatic nitrogens is 1. The quantitative estimate of drug-likeness (QED) is 0.784. The summed E-state index contributed by atoms with van der Waals surface area (Å²) in [6, 6.07) is 5.75. The molecular weight excluding hydrogens is 200 g/mol.